The molecule has 0 saturated heterocycles. The van der Waals surface area contributed by atoms with Crippen LogP contribution in [-0.4, -0.2) is 60.5 Å². The van der Waals surface area contributed by atoms with Gasteiger partial charge in [-0.2, -0.15) is 0 Å². The van der Waals surface area contributed by atoms with E-state index in [9.17, 15) is 24.2 Å². The lowest BCUT2D eigenvalue weighted by molar-refractivity contribution is -0.161. The molecule has 10 nitrogen and oxygen atoms in total. The Hall–Kier alpha value is -3.11. The Balaban J connectivity index is 4.36. The smallest absolute Gasteiger partial charge is 0.462 e. The predicted molar refractivity (Wildman–Crippen MR) is 239 cm³/mol. The summed E-state index contributed by atoms with van der Waals surface area (Å²) in [5, 5.41) is 9.81. The lowest BCUT2D eigenvalue weighted by Gasteiger charge is -2.19. The molecule has 1 unspecified atom stereocenters. The molecule has 0 bridgehead atoms. The summed E-state index contributed by atoms with van der Waals surface area (Å²) in [6, 6.07) is 0. The molecule has 330 valence electrons. The van der Waals surface area contributed by atoms with Gasteiger partial charge in [-0.1, -0.05) is 143 Å². The first-order chi connectivity index (χ1) is 28.2. The lowest BCUT2D eigenvalue weighted by Crippen LogP contribution is -2.29. The Morgan fingerprint density at radius 3 is 1.60 bits per heavy atom. The quantitative estimate of drug-likeness (QED) is 0.0236. The second-order valence-electron chi connectivity index (χ2n) is 14.0. The topological polar surface area (TPSA) is 155 Å². The van der Waals surface area contributed by atoms with E-state index >= 15 is 0 Å². The highest BCUT2D eigenvalue weighted by molar-refractivity contribution is 7.47. The average molecular weight is 832 g/mol. The summed E-state index contributed by atoms with van der Waals surface area (Å²) in [5.74, 6) is -0.964. The number of esters is 2. The highest BCUT2D eigenvalue weighted by Crippen LogP contribution is 2.43. The van der Waals surface area contributed by atoms with Gasteiger partial charge in [0, 0.05) is 19.4 Å². The molecule has 0 rings (SSSR count). The van der Waals surface area contributed by atoms with Gasteiger partial charge in [0.2, 0.25) is 0 Å². The predicted octanol–water partition coefficient (Wildman–Crippen LogP) is 11.6. The molecule has 3 atom stereocenters. The van der Waals surface area contributed by atoms with Gasteiger partial charge >= 0.3 is 19.8 Å². The Morgan fingerprint density at radius 1 is 0.586 bits per heavy atom. The fraction of sp³-hybridized carbons (Fsp3) is 0.617. The van der Waals surface area contributed by atoms with Crippen LogP contribution in [0.25, 0.3) is 0 Å². The van der Waals surface area contributed by atoms with Crippen molar-refractivity contribution in [3.8, 4) is 0 Å². The second-order valence-corrected chi connectivity index (χ2v) is 15.5. The van der Waals surface area contributed by atoms with E-state index in [0.29, 0.717) is 19.3 Å². The van der Waals surface area contributed by atoms with E-state index in [1.54, 1.807) is 0 Å². The van der Waals surface area contributed by atoms with E-state index in [-0.39, 0.29) is 38.7 Å². The number of hydrogen-bond donors (Lipinski definition) is 3. The Bertz CT molecular complexity index is 1280. The van der Waals surface area contributed by atoms with Gasteiger partial charge in [-0.15, -0.1) is 0 Å². The van der Waals surface area contributed by atoms with Gasteiger partial charge in [0.15, 0.2) is 6.10 Å². The third-order valence-electron chi connectivity index (χ3n) is 8.51. The number of ether oxygens (including phenoxy) is 2. The minimum atomic E-state index is -4.42. The SMILES string of the molecule is CCCCC/C=C\C/C=C\C/C=C\C/C=C\CCCCCC(=O)OC[C@H](COP(=O)(O)OCCN)OC(=O)CCC/C=C\C/C=C\C/C=C\C/C=C\[C@H](O)CCCC. The van der Waals surface area contributed by atoms with Crippen LogP contribution in [0.3, 0.4) is 0 Å². The molecule has 58 heavy (non-hydrogen) atoms. The molecule has 4 N–H and O–H groups in total. The van der Waals surface area contributed by atoms with Crippen molar-refractivity contribution in [2.75, 3.05) is 26.4 Å². The number of unbranched alkanes of at least 4 members (excludes halogenated alkanes) is 8. The Morgan fingerprint density at radius 2 is 1.07 bits per heavy atom. The molecule has 0 heterocycles. The van der Waals surface area contributed by atoms with Crippen LogP contribution >= 0.6 is 7.82 Å². The van der Waals surface area contributed by atoms with Crippen molar-refractivity contribution in [2.24, 2.45) is 5.73 Å². The monoisotopic (exact) mass is 832 g/mol. The summed E-state index contributed by atoms with van der Waals surface area (Å²) >= 11 is 0. The largest absolute Gasteiger partial charge is 0.472 e. The number of rotatable bonds is 39. The highest BCUT2D eigenvalue weighted by Gasteiger charge is 2.25. The van der Waals surface area contributed by atoms with Gasteiger partial charge in [0.25, 0.3) is 0 Å². The fourth-order valence-electron chi connectivity index (χ4n) is 5.22. The van der Waals surface area contributed by atoms with Crippen LogP contribution in [0.1, 0.15) is 149 Å². The average Bonchev–Trinajstić information content (AvgIpc) is 3.21. The number of aliphatic hydroxyl groups excluding tert-OH is 1. The summed E-state index contributed by atoms with van der Waals surface area (Å²) in [6.45, 7) is 3.40. The minimum absolute atomic E-state index is 0.0278. The van der Waals surface area contributed by atoms with E-state index in [1.165, 1.54) is 25.7 Å². The van der Waals surface area contributed by atoms with Gasteiger partial charge in [0.1, 0.15) is 6.61 Å². The third kappa shape index (κ3) is 41.1. The van der Waals surface area contributed by atoms with Crippen LogP contribution in [0.5, 0.6) is 0 Å². The lowest BCUT2D eigenvalue weighted by atomic mass is 10.1. The molecule has 0 aliphatic carbocycles. The van der Waals surface area contributed by atoms with Crippen LogP contribution in [-0.2, 0) is 32.7 Å². The molecular weight excluding hydrogens is 753 g/mol. The molecule has 0 aromatic rings. The van der Waals surface area contributed by atoms with Gasteiger partial charge in [-0.25, -0.2) is 4.57 Å². The van der Waals surface area contributed by atoms with E-state index < -0.39 is 32.5 Å². The highest BCUT2D eigenvalue weighted by atomic mass is 31.2. The number of aliphatic hydroxyl groups is 1. The molecule has 0 aromatic heterocycles. The molecule has 0 aliphatic rings. The zero-order valence-corrected chi connectivity index (χ0v) is 36.7. The molecule has 0 aliphatic heterocycles. The number of hydrogen-bond acceptors (Lipinski definition) is 9. The van der Waals surface area contributed by atoms with Crippen molar-refractivity contribution in [1.29, 1.82) is 0 Å². The number of carbonyl (C=O) groups excluding carboxylic acids is 2. The van der Waals surface area contributed by atoms with Crippen LogP contribution in [0.4, 0.5) is 0 Å². The maximum absolute atomic E-state index is 12.6. The molecule has 0 aromatic carbocycles. The number of carbonyl (C=O) groups is 2. The molecule has 0 radical (unpaired) electrons. The van der Waals surface area contributed by atoms with Crippen molar-refractivity contribution in [3.05, 3.63) is 97.2 Å². The summed E-state index contributed by atoms with van der Waals surface area (Å²) in [7, 11) is -4.42. The molecular formula is C47H78NO9P. The first-order valence-electron chi connectivity index (χ1n) is 21.8. The van der Waals surface area contributed by atoms with E-state index in [0.717, 1.165) is 77.0 Å². The Kier molecular flexibility index (Phi) is 39.8. The number of phosphoric acid groups is 1. The van der Waals surface area contributed by atoms with Crippen LogP contribution in [0.2, 0.25) is 0 Å². The number of allylic oxidation sites excluding steroid dienone is 15. The standard InChI is InChI=1S/C47H78NO9P/c1-3-5-7-8-9-10-11-12-13-14-15-16-17-18-22-25-28-31-34-38-46(50)54-42-45(43-56-58(52,53)55-41-40-48)57-47(51)39-35-32-29-26-23-20-19-21-24-27-30-33-37-44(49)36-6-4-2/h9-10,12-13,15-16,18-20,22,24,26-27,29,33,37,44-45,49H,3-8,11,14,17,21,23,25,28,30-32,34-36,38-43,48H2,1-2H3,(H,52,53)/b10-9-,13-12-,16-15-,20-19-,22-18-,27-24-,29-26-,37-33-/t44-,45-/m1/s1. The number of phosphoric ester groups is 1. The zero-order valence-electron chi connectivity index (χ0n) is 35.8. The van der Waals surface area contributed by atoms with E-state index in [1.807, 2.05) is 24.3 Å². The summed E-state index contributed by atoms with van der Waals surface area (Å²) < 4.78 is 32.7. The van der Waals surface area contributed by atoms with Crippen LogP contribution < -0.4 is 5.73 Å². The van der Waals surface area contributed by atoms with Gasteiger partial charge < -0.3 is 25.2 Å². The van der Waals surface area contributed by atoms with Gasteiger partial charge in [-0.05, 0) is 89.9 Å². The summed E-state index contributed by atoms with van der Waals surface area (Å²) in [4.78, 5) is 34.9. The molecule has 11 heteroatoms. The van der Waals surface area contributed by atoms with Crippen molar-refractivity contribution < 1.29 is 42.7 Å². The fourth-order valence-corrected chi connectivity index (χ4v) is 5.98. The molecule has 0 spiro atoms. The van der Waals surface area contributed by atoms with Gasteiger partial charge in [-0.3, -0.25) is 18.6 Å². The normalized spacial score (nSPS) is 14.8. The maximum Gasteiger partial charge on any atom is 0.472 e. The first-order valence-corrected chi connectivity index (χ1v) is 23.3. The van der Waals surface area contributed by atoms with E-state index in [2.05, 4.69) is 86.8 Å². The molecule has 0 amide bonds. The van der Waals surface area contributed by atoms with Crippen LogP contribution in [0.15, 0.2) is 97.2 Å². The molecule has 0 fully saturated rings. The van der Waals surface area contributed by atoms with Crippen molar-refractivity contribution in [2.45, 2.75) is 161 Å². The Labute approximate surface area is 351 Å². The van der Waals surface area contributed by atoms with E-state index in [4.69, 9.17) is 24.3 Å². The van der Waals surface area contributed by atoms with Crippen molar-refractivity contribution in [1.82, 2.24) is 0 Å². The van der Waals surface area contributed by atoms with Crippen LogP contribution in [0, 0.1) is 0 Å². The molecule has 0 saturated carbocycles. The minimum Gasteiger partial charge on any atom is -0.462 e. The third-order valence-corrected chi connectivity index (χ3v) is 9.50. The van der Waals surface area contributed by atoms with Crippen molar-refractivity contribution >= 4 is 19.8 Å². The maximum atomic E-state index is 12.6. The van der Waals surface area contributed by atoms with Gasteiger partial charge in [0.05, 0.1) is 19.3 Å². The number of nitrogens with two attached hydrogens (primary N) is 1. The summed E-state index contributed by atoms with van der Waals surface area (Å²) in [5.41, 5.74) is 5.34. The first kappa shape index (κ1) is 54.9. The second kappa shape index (κ2) is 42.0. The summed E-state index contributed by atoms with van der Waals surface area (Å²) in [6.07, 6.45) is 50.6. The van der Waals surface area contributed by atoms with Crippen molar-refractivity contribution in [3.63, 3.8) is 0 Å². The zero-order chi connectivity index (χ0) is 42.6.